The van der Waals surface area contributed by atoms with Crippen LogP contribution in [0.25, 0.3) is 0 Å². The maximum absolute atomic E-state index is 14.1. The van der Waals surface area contributed by atoms with Gasteiger partial charge in [0, 0.05) is 30.9 Å². The van der Waals surface area contributed by atoms with Gasteiger partial charge >= 0.3 is 0 Å². The third-order valence-corrected chi connectivity index (χ3v) is 7.47. The molecule has 4 rings (SSSR count). The predicted molar refractivity (Wildman–Crippen MR) is 133 cm³/mol. The molecule has 1 N–H and O–H groups in total. The third-order valence-electron chi connectivity index (χ3n) is 7.30. The van der Waals surface area contributed by atoms with Gasteiger partial charge in [-0.3, -0.25) is 4.79 Å². The van der Waals surface area contributed by atoms with Gasteiger partial charge in [-0.1, -0.05) is 52.3 Å². The lowest BCUT2D eigenvalue weighted by Crippen LogP contribution is -2.27. The minimum atomic E-state index is -2.89. The van der Waals surface area contributed by atoms with E-state index in [1.807, 2.05) is 0 Å². The Morgan fingerprint density at radius 1 is 1.28 bits per heavy atom. The van der Waals surface area contributed by atoms with Crippen molar-refractivity contribution >= 4 is 23.8 Å². The Morgan fingerprint density at radius 2 is 2.03 bits per heavy atom. The fourth-order valence-corrected chi connectivity index (χ4v) is 4.94. The summed E-state index contributed by atoms with van der Waals surface area (Å²) in [5.74, 6) is 0.856. The van der Waals surface area contributed by atoms with Crippen LogP contribution in [0.5, 0.6) is 0 Å². The standard InChI is InChI=1S/C15H12ClF3N4O.C11H22O/c16-15-21-11-6-23(7-24)5-10(11)14(22-15)20-4-8-2-1-3-9(12(8)17)13(18)19;1-5-11(4)6-9(2)7-12-8-10(11)3/h1-3,7,13H,4-6H2,(H,20,21,22);9-10H,5-8H2,1-4H3. The van der Waals surface area contributed by atoms with Gasteiger partial charge in [-0.05, 0) is 35.3 Å². The average Bonchev–Trinajstić information content (AvgIpc) is 3.20. The number of carbonyl (C=O) groups excluding carboxylic acids is 1. The summed E-state index contributed by atoms with van der Waals surface area (Å²) in [5.41, 5.74) is 1.23. The van der Waals surface area contributed by atoms with E-state index in [4.69, 9.17) is 16.3 Å². The van der Waals surface area contributed by atoms with E-state index < -0.39 is 17.8 Å². The molecule has 2 aromatic rings. The molecule has 0 bridgehead atoms. The fourth-order valence-electron chi connectivity index (χ4n) is 4.75. The van der Waals surface area contributed by atoms with Crippen molar-refractivity contribution in [2.45, 2.75) is 66.6 Å². The lowest BCUT2D eigenvalue weighted by molar-refractivity contribution is -0.118. The van der Waals surface area contributed by atoms with Crippen LogP contribution in [-0.4, -0.2) is 34.5 Å². The Kier molecular flexibility index (Phi) is 9.58. The highest BCUT2D eigenvalue weighted by Crippen LogP contribution is 2.39. The van der Waals surface area contributed by atoms with Crippen LogP contribution in [0.1, 0.15) is 69.3 Å². The van der Waals surface area contributed by atoms with Crippen LogP contribution in [-0.2, 0) is 29.2 Å². The number of hydrogen-bond acceptors (Lipinski definition) is 5. The Morgan fingerprint density at radius 3 is 2.69 bits per heavy atom. The van der Waals surface area contributed by atoms with Crippen molar-refractivity contribution in [1.82, 2.24) is 14.9 Å². The van der Waals surface area contributed by atoms with Gasteiger partial charge in [0.05, 0.1) is 24.3 Å². The lowest BCUT2D eigenvalue weighted by Gasteiger charge is -2.33. The molecule has 1 aromatic carbocycles. The summed E-state index contributed by atoms with van der Waals surface area (Å²) in [6, 6.07) is 3.83. The summed E-state index contributed by atoms with van der Waals surface area (Å²) in [5, 5.41) is 2.88. The Bertz CT molecular complexity index is 1060. The molecular formula is C26H34ClF3N4O2. The van der Waals surface area contributed by atoms with E-state index in [1.54, 1.807) is 0 Å². The zero-order valence-corrected chi connectivity index (χ0v) is 21.9. The fraction of sp³-hybridized carbons (Fsp3) is 0.577. The van der Waals surface area contributed by atoms with Crippen molar-refractivity contribution in [3.63, 3.8) is 0 Å². The molecule has 1 aromatic heterocycles. The highest BCUT2D eigenvalue weighted by molar-refractivity contribution is 6.28. The largest absolute Gasteiger partial charge is 0.381 e. The SMILES string of the molecule is CCC1(C)CC(C)COCC1C.O=CN1Cc2nc(Cl)nc(NCc3cccc(C(F)F)c3F)c2C1. The minimum absolute atomic E-state index is 0.00852. The van der Waals surface area contributed by atoms with E-state index in [2.05, 4.69) is 43.0 Å². The van der Waals surface area contributed by atoms with E-state index in [1.165, 1.54) is 29.9 Å². The molecule has 1 saturated heterocycles. The number of anilines is 1. The summed E-state index contributed by atoms with van der Waals surface area (Å²) in [4.78, 5) is 20.5. The molecular weight excluding hydrogens is 493 g/mol. The minimum Gasteiger partial charge on any atom is -0.381 e. The Labute approximate surface area is 215 Å². The van der Waals surface area contributed by atoms with Gasteiger partial charge in [-0.15, -0.1) is 0 Å². The molecule has 0 spiro atoms. The van der Waals surface area contributed by atoms with Crippen molar-refractivity contribution in [1.29, 1.82) is 0 Å². The molecule has 3 atom stereocenters. The zero-order valence-electron chi connectivity index (χ0n) is 21.2. The van der Waals surface area contributed by atoms with Crippen LogP contribution < -0.4 is 5.32 Å². The molecule has 10 heteroatoms. The van der Waals surface area contributed by atoms with Gasteiger partial charge < -0.3 is 15.0 Å². The second-order valence-electron chi connectivity index (χ2n) is 10.0. The maximum atomic E-state index is 14.1. The summed E-state index contributed by atoms with van der Waals surface area (Å²) >= 11 is 5.86. The second kappa shape index (κ2) is 12.2. The Balaban J connectivity index is 0.000000253. The quantitative estimate of drug-likeness (QED) is 0.349. The molecule has 6 nitrogen and oxygen atoms in total. The number of amides is 1. The van der Waals surface area contributed by atoms with E-state index >= 15 is 0 Å². The number of halogens is 4. The number of hydrogen-bond donors (Lipinski definition) is 1. The number of aromatic nitrogens is 2. The highest BCUT2D eigenvalue weighted by atomic mass is 35.5. The predicted octanol–water partition coefficient (Wildman–Crippen LogP) is 6.39. The number of nitrogens with one attached hydrogen (secondary N) is 1. The molecule has 1 amide bonds. The number of fused-ring (bicyclic) bond motifs is 1. The normalized spacial score (nSPS) is 23.5. The van der Waals surface area contributed by atoms with Crippen LogP contribution in [0.3, 0.4) is 0 Å². The molecule has 2 aliphatic rings. The third kappa shape index (κ3) is 6.68. The van der Waals surface area contributed by atoms with Crippen molar-refractivity contribution in [3.05, 3.63) is 51.7 Å². The van der Waals surface area contributed by atoms with Crippen LogP contribution >= 0.6 is 11.6 Å². The monoisotopic (exact) mass is 526 g/mol. The summed E-state index contributed by atoms with van der Waals surface area (Å²) < 4.78 is 45.2. The molecule has 0 saturated carbocycles. The number of alkyl halides is 2. The molecule has 0 aliphatic carbocycles. The Hall–Kier alpha value is -2.39. The van der Waals surface area contributed by atoms with Crippen molar-refractivity contribution in [3.8, 4) is 0 Å². The van der Waals surface area contributed by atoms with Gasteiger partial charge in [-0.2, -0.15) is 0 Å². The van der Waals surface area contributed by atoms with Crippen molar-refractivity contribution in [2.24, 2.45) is 17.3 Å². The van der Waals surface area contributed by atoms with Gasteiger partial charge in [0.25, 0.3) is 6.43 Å². The van der Waals surface area contributed by atoms with Crippen LogP contribution in [0.2, 0.25) is 5.28 Å². The van der Waals surface area contributed by atoms with Crippen LogP contribution in [0, 0.1) is 23.1 Å². The van der Waals surface area contributed by atoms with E-state index in [-0.39, 0.29) is 17.4 Å². The molecule has 3 heterocycles. The number of carbonyl (C=O) groups is 1. The van der Waals surface area contributed by atoms with Gasteiger partial charge in [0.2, 0.25) is 11.7 Å². The molecule has 1 fully saturated rings. The molecule has 3 unspecified atom stereocenters. The lowest BCUT2D eigenvalue weighted by atomic mass is 9.71. The zero-order chi connectivity index (χ0) is 26.5. The van der Waals surface area contributed by atoms with Crippen molar-refractivity contribution < 1.29 is 22.7 Å². The van der Waals surface area contributed by atoms with Crippen molar-refractivity contribution in [2.75, 3.05) is 18.5 Å². The summed E-state index contributed by atoms with van der Waals surface area (Å²) in [6.45, 7) is 11.8. The highest BCUT2D eigenvalue weighted by Gasteiger charge is 2.33. The smallest absolute Gasteiger partial charge is 0.266 e. The maximum Gasteiger partial charge on any atom is 0.266 e. The molecule has 0 radical (unpaired) electrons. The summed E-state index contributed by atoms with van der Waals surface area (Å²) in [6.07, 6.45) is 0.404. The number of ether oxygens (including phenoxy) is 1. The number of nitrogens with zero attached hydrogens (tertiary/aromatic N) is 3. The molecule has 198 valence electrons. The number of rotatable bonds is 6. The number of benzene rings is 1. The van der Waals surface area contributed by atoms with E-state index in [9.17, 15) is 18.0 Å². The first kappa shape index (κ1) is 28.2. The average molecular weight is 527 g/mol. The second-order valence-corrected chi connectivity index (χ2v) is 10.3. The topological polar surface area (TPSA) is 67.3 Å². The summed E-state index contributed by atoms with van der Waals surface area (Å²) in [7, 11) is 0. The van der Waals surface area contributed by atoms with Gasteiger partial charge in [0.1, 0.15) is 11.6 Å². The van der Waals surface area contributed by atoms with Crippen LogP contribution in [0.15, 0.2) is 18.2 Å². The van der Waals surface area contributed by atoms with Gasteiger partial charge in [0.15, 0.2) is 0 Å². The van der Waals surface area contributed by atoms with E-state index in [0.29, 0.717) is 47.9 Å². The molecule has 36 heavy (non-hydrogen) atoms. The molecule has 2 aliphatic heterocycles. The van der Waals surface area contributed by atoms with E-state index in [0.717, 1.165) is 25.2 Å². The van der Waals surface area contributed by atoms with Crippen LogP contribution in [0.4, 0.5) is 19.0 Å². The first-order valence-electron chi connectivity index (χ1n) is 12.2. The van der Waals surface area contributed by atoms with Gasteiger partial charge in [-0.25, -0.2) is 23.1 Å². The first-order chi connectivity index (χ1) is 17.1. The first-order valence-corrected chi connectivity index (χ1v) is 12.6.